The Morgan fingerprint density at radius 3 is 2.50 bits per heavy atom. The number of fused-ring (bicyclic) bond motifs is 1. The van der Waals surface area contributed by atoms with Gasteiger partial charge in [0.05, 0.1) is 0 Å². The van der Waals surface area contributed by atoms with Crippen LogP contribution in [0.1, 0.15) is 28.8 Å². The minimum Gasteiger partial charge on any atom is -0.454 e. The molecule has 6 nitrogen and oxygen atoms in total. The van der Waals surface area contributed by atoms with Crippen LogP contribution in [0.3, 0.4) is 0 Å². The van der Waals surface area contributed by atoms with Crippen molar-refractivity contribution < 1.29 is 19.1 Å². The Morgan fingerprint density at radius 2 is 1.75 bits per heavy atom. The average molecular weight is 401 g/mol. The molecule has 146 valence electrons. The molecule has 0 atom stereocenters. The van der Waals surface area contributed by atoms with E-state index in [4.69, 9.17) is 21.1 Å². The third kappa shape index (κ3) is 4.07. The Morgan fingerprint density at radius 1 is 1.04 bits per heavy atom. The first-order chi connectivity index (χ1) is 13.6. The fourth-order valence-electron chi connectivity index (χ4n) is 3.49. The van der Waals surface area contributed by atoms with Crippen LogP contribution < -0.4 is 14.8 Å². The highest BCUT2D eigenvalue weighted by Crippen LogP contribution is 2.33. The van der Waals surface area contributed by atoms with Crippen LogP contribution in [0.5, 0.6) is 11.5 Å². The molecule has 0 aliphatic carbocycles. The second-order valence-corrected chi connectivity index (χ2v) is 7.42. The van der Waals surface area contributed by atoms with Gasteiger partial charge < -0.3 is 19.7 Å². The normalized spacial score (nSPS) is 16.1. The van der Waals surface area contributed by atoms with E-state index >= 15 is 0 Å². The minimum atomic E-state index is -0.0758. The van der Waals surface area contributed by atoms with Crippen LogP contribution in [0.15, 0.2) is 42.5 Å². The first kappa shape index (κ1) is 18.6. The van der Waals surface area contributed by atoms with Gasteiger partial charge in [0.25, 0.3) is 5.91 Å². The van der Waals surface area contributed by atoms with Crippen LogP contribution in [-0.4, -0.2) is 36.6 Å². The largest absolute Gasteiger partial charge is 0.454 e. The average Bonchev–Trinajstić information content (AvgIpc) is 3.20. The second kappa shape index (κ2) is 8.10. The number of benzene rings is 2. The Balaban J connectivity index is 1.28. The van der Waals surface area contributed by atoms with Crippen molar-refractivity contribution in [3.63, 3.8) is 0 Å². The topological polar surface area (TPSA) is 67.9 Å². The van der Waals surface area contributed by atoms with E-state index in [1.165, 1.54) is 0 Å². The Kier molecular flexibility index (Phi) is 5.39. The fourth-order valence-corrected chi connectivity index (χ4v) is 3.62. The lowest BCUT2D eigenvalue weighted by atomic mass is 9.95. The van der Waals surface area contributed by atoms with Crippen LogP contribution in [0, 0.1) is 5.92 Å². The summed E-state index contributed by atoms with van der Waals surface area (Å²) in [5.74, 6) is 1.17. The number of ether oxygens (including phenoxy) is 2. The van der Waals surface area contributed by atoms with Crippen LogP contribution >= 0.6 is 11.6 Å². The highest BCUT2D eigenvalue weighted by atomic mass is 35.5. The van der Waals surface area contributed by atoms with Gasteiger partial charge >= 0.3 is 0 Å². The summed E-state index contributed by atoms with van der Waals surface area (Å²) in [5, 5.41) is 3.65. The summed E-state index contributed by atoms with van der Waals surface area (Å²) >= 11 is 5.87. The first-order valence-electron chi connectivity index (χ1n) is 9.31. The van der Waals surface area contributed by atoms with Gasteiger partial charge in [0.15, 0.2) is 11.5 Å². The van der Waals surface area contributed by atoms with Gasteiger partial charge in [-0.15, -0.1) is 0 Å². The zero-order chi connectivity index (χ0) is 19.5. The molecule has 0 radical (unpaired) electrons. The van der Waals surface area contributed by atoms with Crippen LogP contribution in [0.25, 0.3) is 0 Å². The fraction of sp³-hybridized carbons (Fsp3) is 0.333. The van der Waals surface area contributed by atoms with Crippen molar-refractivity contribution in [3.8, 4) is 11.5 Å². The van der Waals surface area contributed by atoms with Crippen LogP contribution in [-0.2, 0) is 11.3 Å². The Bertz CT molecular complexity index is 876. The first-order valence-corrected chi connectivity index (χ1v) is 9.69. The molecular formula is C21H21ClN2O4. The number of amides is 2. The van der Waals surface area contributed by atoms with E-state index in [0.717, 1.165) is 5.56 Å². The lowest BCUT2D eigenvalue weighted by Gasteiger charge is -2.31. The van der Waals surface area contributed by atoms with Gasteiger partial charge in [0.1, 0.15) is 0 Å². The van der Waals surface area contributed by atoms with Crippen molar-refractivity contribution >= 4 is 23.4 Å². The van der Waals surface area contributed by atoms with Crippen molar-refractivity contribution in [2.75, 3.05) is 19.9 Å². The molecule has 2 aliphatic heterocycles. The van der Waals surface area contributed by atoms with Crippen molar-refractivity contribution in [1.29, 1.82) is 0 Å². The molecule has 1 N–H and O–H groups in total. The molecule has 28 heavy (non-hydrogen) atoms. The highest BCUT2D eigenvalue weighted by Gasteiger charge is 2.28. The summed E-state index contributed by atoms with van der Waals surface area (Å²) in [5.41, 5.74) is 1.59. The number of hydrogen-bond donors (Lipinski definition) is 1. The SMILES string of the molecule is O=C(NCc1ccc(Cl)cc1)C1CCN(C(=O)c2ccc3c(c2)OCO3)CC1. The van der Waals surface area contributed by atoms with Gasteiger partial charge in [-0.1, -0.05) is 23.7 Å². The third-order valence-electron chi connectivity index (χ3n) is 5.15. The molecule has 4 rings (SSSR count). The predicted octanol–water partition coefficient (Wildman–Crippen LogP) is 3.24. The summed E-state index contributed by atoms with van der Waals surface area (Å²) in [6.07, 6.45) is 1.31. The number of nitrogens with one attached hydrogen (secondary N) is 1. The van der Waals surface area contributed by atoms with Gasteiger partial charge in [-0.3, -0.25) is 9.59 Å². The Labute approximate surface area is 168 Å². The molecular weight excluding hydrogens is 380 g/mol. The number of halogens is 1. The number of piperidine rings is 1. The van der Waals surface area contributed by atoms with Gasteiger partial charge in [0.2, 0.25) is 12.7 Å². The van der Waals surface area contributed by atoms with Crippen molar-refractivity contribution in [2.45, 2.75) is 19.4 Å². The summed E-state index contributed by atoms with van der Waals surface area (Å²) in [6, 6.07) is 12.6. The van der Waals surface area contributed by atoms with E-state index in [1.54, 1.807) is 23.1 Å². The van der Waals surface area contributed by atoms with Gasteiger partial charge in [-0.2, -0.15) is 0 Å². The lowest BCUT2D eigenvalue weighted by molar-refractivity contribution is -0.126. The summed E-state index contributed by atoms with van der Waals surface area (Å²) < 4.78 is 10.6. The number of carbonyl (C=O) groups excluding carboxylic acids is 2. The molecule has 2 aliphatic rings. The van der Waals surface area contributed by atoms with Gasteiger partial charge in [-0.05, 0) is 48.7 Å². The molecule has 0 spiro atoms. The summed E-state index contributed by atoms with van der Waals surface area (Å²) in [4.78, 5) is 27.0. The molecule has 1 saturated heterocycles. The minimum absolute atomic E-state index is 0.0325. The van der Waals surface area contributed by atoms with Crippen LogP contribution in [0.2, 0.25) is 5.02 Å². The third-order valence-corrected chi connectivity index (χ3v) is 5.40. The lowest BCUT2D eigenvalue weighted by Crippen LogP contribution is -2.42. The predicted molar refractivity (Wildman–Crippen MR) is 104 cm³/mol. The van der Waals surface area contributed by atoms with E-state index in [2.05, 4.69) is 5.32 Å². The molecule has 0 saturated carbocycles. The molecule has 2 amide bonds. The van der Waals surface area contributed by atoms with Crippen molar-refractivity contribution in [3.05, 3.63) is 58.6 Å². The molecule has 0 bridgehead atoms. The molecule has 2 heterocycles. The maximum Gasteiger partial charge on any atom is 0.253 e. The number of carbonyl (C=O) groups is 2. The summed E-state index contributed by atoms with van der Waals surface area (Å²) in [6.45, 7) is 1.79. The number of rotatable bonds is 4. The zero-order valence-electron chi connectivity index (χ0n) is 15.3. The van der Waals surface area contributed by atoms with Crippen molar-refractivity contribution in [1.82, 2.24) is 10.2 Å². The molecule has 2 aromatic carbocycles. The van der Waals surface area contributed by atoms with E-state index in [9.17, 15) is 9.59 Å². The Hall–Kier alpha value is -2.73. The van der Waals surface area contributed by atoms with E-state index in [-0.39, 0.29) is 24.5 Å². The van der Waals surface area contributed by atoms with Crippen LogP contribution in [0.4, 0.5) is 0 Å². The number of nitrogens with zero attached hydrogens (tertiary/aromatic N) is 1. The molecule has 0 aromatic heterocycles. The smallest absolute Gasteiger partial charge is 0.253 e. The molecule has 0 unspecified atom stereocenters. The zero-order valence-corrected chi connectivity index (χ0v) is 16.1. The number of hydrogen-bond acceptors (Lipinski definition) is 4. The molecule has 2 aromatic rings. The molecule has 7 heteroatoms. The monoisotopic (exact) mass is 400 g/mol. The highest BCUT2D eigenvalue weighted by molar-refractivity contribution is 6.30. The van der Waals surface area contributed by atoms with E-state index < -0.39 is 0 Å². The summed E-state index contributed by atoms with van der Waals surface area (Å²) in [7, 11) is 0. The van der Waals surface area contributed by atoms with Gasteiger partial charge in [-0.25, -0.2) is 0 Å². The van der Waals surface area contributed by atoms with E-state index in [1.807, 2.05) is 24.3 Å². The van der Waals surface area contributed by atoms with Gasteiger partial charge in [0, 0.05) is 36.1 Å². The maximum absolute atomic E-state index is 12.7. The van der Waals surface area contributed by atoms with E-state index in [0.29, 0.717) is 54.6 Å². The standard InChI is InChI=1S/C21H21ClN2O4/c22-17-4-1-14(2-5-17)12-23-20(25)15-7-9-24(10-8-15)21(26)16-3-6-18-19(11-16)28-13-27-18/h1-6,11,15H,7-10,12-13H2,(H,23,25). The second-order valence-electron chi connectivity index (χ2n) is 6.98. The number of likely N-dealkylation sites (tertiary alicyclic amines) is 1. The molecule has 1 fully saturated rings. The quantitative estimate of drug-likeness (QED) is 0.855. The van der Waals surface area contributed by atoms with Crippen molar-refractivity contribution in [2.24, 2.45) is 5.92 Å². The maximum atomic E-state index is 12.7.